The quantitative estimate of drug-likeness (QED) is 0.467. The number of hydrogen-bond acceptors (Lipinski definition) is 6. The van der Waals surface area contributed by atoms with Crippen LogP contribution in [0.15, 0.2) is 53.6 Å². The van der Waals surface area contributed by atoms with Gasteiger partial charge in [0.05, 0.1) is 18.2 Å². The van der Waals surface area contributed by atoms with Crippen LogP contribution in [-0.2, 0) is 0 Å². The minimum Gasteiger partial charge on any atom is -0.497 e. The number of benzene rings is 2. The number of thiazole rings is 1. The molecule has 0 aliphatic rings. The van der Waals surface area contributed by atoms with Crippen LogP contribution >= 0.6 is 22.9 Å². The Balaban J connectivity index is 1.64. The van der Waals surface area contributed by atoms with Crippen LogP contribution in [0.5, 0.6) is 5.75 Å². The van der Waals surface area contributed by atoms with Gasteiger partial charge >= 0.3 is 0 Å². The molecule has 3 aromatic rings. The molecule has 3 rings (SSSR count). The molecule has 138 valence electrons. The zero-order valence-corrected chi connectivity index (χ0v) is 16.3. The number of methoxy groups -OCH3 is 1. The van der Waals surface area contributed by atoms with Gasteiger partial charge in [-0.2, -0.15) is 5.10 Å². The molecule has 8 heteroatoms. The first-order valence-corrected chi connectivity index (χ1v) is 9.22. The molecular weight excluding hydrogens is 384 g/mol. The lowest BCUT2D eigenvalue weighted by molar-refractivity contribution is 0.0955. The summed E-state index contributed by atoms with van der Waals surface area (Å²) in [6.07, 6.45) is 1.48. The molecule has 0 unspecified atom stereocenters. The third-order valence-corrected chi connectivity index (χ3v) is 5.00. The lowest BCUT2D eigenvalue weighted by Gasteiger charge is -2.05. The van der Waals surface area contributed by atoms with Gasteiger partial charge in [0.2, 0.25) is 0 Å². The number of rotatable bonds is 6. The molecule has 1 heterocycles. The number of nitrogens with one attached hydrogen (secondary N) is 2. The average molecular weight is 401 g/mol. The first-order valence-electron chi connectivity index (χ1n) is 8.03. The molecule has 0 aliphatic carbocycles. The first kappa shape index (κ1) is 18.9. The van der Waals surface area contributed by atoms with E-state index in [1.807, 2.05) is 31.2 Å². The van der Waals surface area contributed by atoms with Crippen molar-refractivity contribution in [3.63, 3.8) is 0 Å². The van der Waals surface area contributed by atoms with Crippen LogP contribution in [-0.4, -0.2) is 24.2 Å². The average Bonchev–Trinajstić information content (AvgIpc) is 3.03. The number of amides is 1. The second kappa shape index (κ2) is 8.66. The number of hydrazone groups is 1. The summed E-state index contributed by atoms with van der Waals surface area (Å²) in [6.45, 7) is 2.01. The van der Waals surface area contributed by atoms with Crippen molar-refractivity contribution >= 4 is 45.9 Å². The van der Waals surface area contributed by atoms with E-state index in [0.717, 1.165) is 11.3 Å². The van der Waals surface area contributed by atoms with Crippen molar-refractivity contribution in [3.05, 3.63) is 69.7 Å². The summed E-state index contributed by atoms with van der Waals surface area (Å²) in [4.78, 5) is 17.0. The number of carbonyl (C=O) groups is 1. The zero-order valence-electron chi connectivity index (χ0n) is 14.7. The largest absolute Gasteiger partial charge is 0.497 e. The maximum atomic E-state index is 12.1. The molecule has 1 amide bonds. The Morgan fingerprint density at radius 2 is 1.96 bits per heavy atom. The molecule has 0 saturated heterocycles. The van der Waals surface area contributed by atoms with E-state index in [1.54, 1.807) is 31.4 Å². The van der Waals surface area contributed by atoms with Crippen molar-refractivity contribution in [1.29, 1.82) is 0 Å². The predicted octanol–water partition coefficient (Wildman–Crippen LogP) is 4.62. The normalized spacial score (nSPS) is 10.8. The van der Waals surface area contributed by atoms with E-state index >= 15 is 0 Å². The van der Waals surface area contributed by atoms with Gasteiger partial charge in [-0.05, 0) is 42.8 Å². The topological polar surface area (TPSA) is 75.6 Å². The van der Waals surface area contributed by atoms with Crippen LogP contribution in [0.3, 0.4) is 0 Å². The summed E-state index contributed by atoms with van der Waals surface area (Å²) < 4.78 is 5.07. The van der Waals surface area contributed by atoms with Crippen LogP contribution in [0.25, 0.3) is 0 Å². The van der Waals surface area contributed by atoms with Crippen LogP contribution < -0.4 is 15.5 Å². The number of nitrogens with zero attached hydrogens (tertiary/aromatic N) is 2. The Hall–Kier alpha value is -2.90. The molecule has 0 spiro atoms. The SMILES string of the molecule is COc1ccc(C(=O)N/N=C/c2sc(Nc3ccccc3C)nc2Cl)cc1. The molecular formula is C19H17ClN4O2S. The Kier molecular flexibility index (Phi) is 6.05. The summed E-state index contributed by atoms with van der Waals surface area (Å²) in [6, 6.07) is 14.6. The number of anilines is 2. The number of hydrogen-bond donors (Lipinski definition) is 2. The molecule has 6 nitrogen and oxygen atoms in total. The third kappa shape index (κ3) is 4.84. The molecule has 0 atom stereocenters. The van der Waals surface area contributed by atoms with Gasteiger partial charge in [-0.3, -0.25) is 4.79 Å². The van der Waals surface area contributed by atoms with E-state index in [2.05, 4.69) is 20.8 Å². The Morgan fingerprint density at radius 3 is 2.67 bits per heavy atom. The maximum absolute atomic E-state index is 12.1. The molecule has 0 aliphatic heterocycles. The lowest BCUT2D eigenvalue weighted by atomic mass is 10.2. The van der Waals surface area contributed by atoms with E-state index in [-0.39, 0.29) is 5.91 Å². The zero-order chi connectivity index (χ0) is 19.2. The highest BCUT2D eigenvalue weighted by molar-refractivity contribution is 7.17. The van der Waals surface area contributed by atoms with Gasteiger partial charge in [0.25, 0.3) is 5.91 Å². The summed E-state index contributed by atoms with van der Waals surface area (Å²) in [7, 11) is 1.57. The molecule has 1 aromatic heterocycles. The second-order valence-electron chi connectivity index (χ2n) is 5.54. The van der Waals surface area contributed by atoms with E-state index in [4.69, 9.17) is 16.3 Å². The Bertz CT molecular complexity index is 970. The van der Waals surface area contributed by atoms with Gasteiger partial charge in [0.1, 0.15) is 5.75 Å². The highest BCUT2D eigenvalue weighted by Gasteiger charge is 2.09. The minimum atomic E-state index is -0.326. The van der Waals surface area contributed by atoms with Gasteiger partial charge in [-0.25, -0.2) is 10.4 Å². The predicted molar refractivity (Wildman–Crippen MR) is 110 cm³/mol. The monoisotopic (exact) mass is 400 g/mol. The highest BCUT2D eigenvalue weighted by atomic mass is 35.5. The fraction of sp³-hybridized carbons (Fsp3) is 0.105. The van der Waals surface area contributed by atoms with Crippen molar-refractivity contribution in [2.24, 2.45) is 5.10 Å². The Morgan fingerprint density at radius 1 is 1.22 bits per heavy atom. The van der Waals surface area contributed by atoms with E-state index in [1.165, 1.54) is 17.6 Å². The molecule has 0 fully saturated rings. The number of aryl methyl sites for hydroxylation is 1. The molecule has 0 saturated carbocycles. The molecule has 2 aromatic carbocycles. The van der Waals surface area contributed by atoms with Crippen molar-refractivity contribution < 1.29 is 9.53 Å². The third-order valence-electron chi connectivity index (χ3n) is 3.70. The van der Waals surface area contributed by atoms with Crippen molar-refractivity contribution in [1.82, 2.24) is 10.4 Å². The standard InChI is InChI=1S/C19H17ClN4O2S/c1-12-5-3-4-6-15(12)22-19-23-17(20)16(27-19)11-21-24-18(25)13-7-9-14(26-2)10-8-13/h3-11H,1-2H3,(H,22,23)(H,24,25)/b21-11+. The van der Waals surface area contributed by atoms with E-state index in [0.29, 0.717) is 26.5 Å². The van der Waals surface area contributed by atoms with Crippen LogP contribution in [0.1, 0.15) is 20.8 Å². The lowest BCUT2D eigenvalue weighted by Crippen LogP contribution is -2.17. The van der Waals surface area contributed by atoms with Crippen molar-refractivity contribution in [2.45, 2.75) is 6.92 Å². The number of halogens is 1. The number of para-hydroxylation sites is 1. The maximum Gasteiger partial charge on any atom is 0.271 e. The fourth-order valence-corrected chi connectivity index (χ4v) is 3.27. The molecule has 27 heavy (non-hydrogen) atoms. The number of carbonyl (C=O) groups excluding carboxylic acids is 1. The number of aromatic nitrogens is 1. The van der Waals surface area contributed by atoms with Gasteiger partial charge in [-0.15, -0.1) is 0 Å². The summed E-state index contributed by atoms with van der Waals surface area (Å²) >= 11 is 7.50. The van der Waals surface area contributed by atoms with Crippen LogP contribution in [0.4, 0.5) is 10.8 Å². The van der Waals surface area contributed by atoms with Gasteiger partial charge in [0.15, 0.2) is 10.3 Å². The van der Waals surface area contributed by atoms with Gasteiger partial charge in [0, 0.05) is 11.3 Å². The second-order valence-corrected chi connectivity index (χ2v) is 6.93. The van der Waals surface area contributed by atoms with Crippen LogP contribution in [0.2, 0.25) is 5.15 Å². The van der Waals surface area contributed by atoms with E-state index < -0.39 is 0 Å². The minimum absolute atomic E-state index is 0.318. The van der Waals surface area contributed by atoms with Crippen molar-refractivity contribution in [2.75, 3.05) is 12.4 Å². The summed E-state index contributed by atoms with van der Waals surface area (Å²) in [5.74, 6) is 0.355. The number of ether oxygens (including phenoxy) is 1. The Labute approximate surface area is 165 Å². The van der Waals surface area contributed by atoms with Gasteiger partial charge in [-0.1, -0.05) is 41.1 Å². The van der Waals surface area contributed by atoms with Crippen LogP contribution in [0, 0.1) is 6.92 Å². The summed E-state index contributed by atoms with van der Waals surface area (Å²) in [5, 5.41) is 8.16. The van der Waals surface area contributed by atoms with E-state index in [9.17, 15) is 4.79 Å². The molecule has 2 N–H and O–H groups in total. The first-order chi connectivity index (χ1) is 13.1. The van der Waals surface area contributed by atoms with Gasteiger partial charge < -0.3 is 10.1 Å². The summed E-state index contributed by atoms with van der Waals surface area (Å²) in [5.41, 5.74) is 5.01. The molecule has 0 radical (unpaired) electrons. The fourth-order valence-electron chi connectivity index (χ4n) is 2.23. The van der Waals surface area contributed by atoms with Crippen molar-refractivity contribution in [3.8, 4) is 5.75 Å². The smallest absolute Gasteiger partial charge is 0.271 e. The molecule has 0 bridgehead atoms. The highest BCUT2D eigenvalue weighted by Crippen LogP contribution is 2.29.